The first-order valence-corrected chi connectivity index (χ1v) is 7.87. The van der Waals surface area contributed by atoms with Crippen LogP contribution in [0.1, 0.15) is 13.3 Å². The SMILES string of the molecule is CCCN(C1COCC1C(=O)O)S(=O)(=O)c1cc[nH]c1. The molecule has 1 fully saturated rings. The van der Waals surface area contributed by atoms with Gasteiger partial charge in [0, 0.05) is 18.9 Å². The lowest BCUT2D eigenvalue weighted by Gasteiger charge is -2.28. The molecule has 0 amide bonds. The average Bonchev–Trinajstić information content (AvgIpc) is 3.06. The molecule has 0 aromatic carbocycles. The van der Waals surface area contributed by atoms with Crippen molar-refractivity contribution in [3.8, 4) is 0 Å². The molecule has 2 unspecified atom stereocenters. The predicted octanol–water partition coefficient (Wildman–Crippen LogP) is 0.515. The Bertz CT molecular complexity index is 554. The van der Waals surface area contributed by atoms with Gasteiger partial charge in [0.05, 0.1) is 30.1 Å². The van der Waals surface area contributed by atoms with Gasteiger partial charge in [0.2, 0.25) is 10.0 Å². The molecule has 2 N–H and O–H groups in total. The molecule has 2 atom stereocenters. The molecule has 1 aromatic heterocycles. The molecule has 8 heteroatoms. The number of nitrogens with one attached hydrogen (secondary N) is 1. The highest BCUT2D eigenvalue weighted by molar-refractivity contribution is 7.89. The molecule has 2 heterocycles. The minimum Gasteiger partial charge on any atom is -0.481 e. The maximum Gasteiger partial charge on any atom is 0.310 e. The normalized spacial score (nSPS) is 23.3. The van der Waals surface area contributed by atoms with E-state index in [1.807, 2.05) is 6.92 Å². The molecular formula is C12H18N2O5S. The van der Waals surface area contributed by atoms with Gasteiger partial charge < -0.3 is 14.8 Å². The molecule has 0 bridgehead atoms. The number of H-pyrrole nitrogens is 1. The minimum absolute atomic E-state index is 0.0445. The van der Waals surface area contributed by atoms with Crippen LogP contribution in [0.25, 0.3) is 0 Å². The number of nitrogens with zero attached hydrogens (tertiary/aromatic N) is 1. The zero-order chi connectivity index (χ0) is 14.8. The Morgan fingerprint density at radius 3 is 2.85 bits per heavy atom. The summed E-state index contributed by atoms with van der Waals surface area (Å²) in [6.45, 7) is 2.28. The third-order valence-electron chi connectivity index (χ3n) is 3.36. The first kappa shape index (κ1) is 15.0. The molecule has 1 aromatic rings. The van der Waals surface area contributed by atoms with Crippen molar-refractivity contribution in [2.75, 3.05) is 19.8 Å². The van der Waals surface area contributed by atoms with Gasteiger partial charge in [-0.05, 0) is 12.5 Å². The van der Waals surface area contributed by atoms with Gasteiger partial charge in [-0.3, -0.25) is 4.79 Å². The van der Waals surface area contributed by atoms with Crippen molar-refractivity contribution < 1.29 is 23.1 Å². The van der Waals surface area contributed by atoms with Crippen LogP contribution in [0, 0.1) is 5.92 Å². The van der Waals surface area contributed by atoms with Gasteiger partial charge in [0.1, 0.15) is 0 Å². The summed E-state index contributed by atoms with van der Waals surface area (Å²) in [7, 11) is -3.71. The zero-order valence-corrected chi connectivity index (χ0v) is 12.0. The highest BCUT2D eigenvalue weighted by Crippen LogP contribution is 2.26. The van der Waals surface area contributed by atoms with E-state index < -0.39 is 28.0 Å². The number of hydrogen-bond acceptors (Lipinski definition) is 4. The first-order valence-electron chi connectivity index (χ1n) is 6.43. The molecule has 1 aliphatic heterocycles. The van der Waals surface area contributed by atoms with Gasteiger partial charge in [-0.15, -0.1) is 0 Å². The average molecular weight is 302 g/mol. The summed E-state index contributed by atoms with van der Waals surface area (Å²) in [5.41, 5.74) is 0. The maximum atomic E-state index is 12.6. The quantitative estimate of drug-likeness (QED) is 0.798. The Hall–Kier alpha value is -1.38. The fourth-order valence-corrected chi connectivity index (χ4v) is 4.07. The number of carbonyl (C=O) groups is 1. The van der Waals surface area contributed by atoms with Crippen molar-refractivity contribution in [3.05, 3.63) is 18.5 Å². The third-order valence-corrected chi connectivity index (χ3v) is 5.28. The first-order chi connectivity index (χ1) is 9.48. The van der Waals surface area contributed by atoms with Crippen LogP contribution in [0.5, 0.6) is 0 Å². The highest BCUT2D eigenvalue weighted by atomic mass is 32.2. The van der Waals surface area contributed by atoms with Crippen molar-refractivity contribution in [2.24, 2.45) is 5.92 Å². The monoisotopic (exact) mass is 302 g/mol. The fraction of sp³-hybridized carbons (Fsp3) is 0.583. The van der Waals surface area contributed by atoms with E-state index in [1.165, 1.54) is 22.8 Å². The van der Waals surface area contributed by atoms with Crippen LogP contribution >= 0.6 is 0 Å². The second-order valence-electron chi connectivity index (χ2n) is 4.71. The van der Waals surface area contributed by atoms with Crippen LogP contribution in [0.15, 0.2) is 23.4 Å². The van der Waals surface area contributed by atoms with Crippen molar-refractivity contribution in [1.82, 2.24) is 9.29 Å². The Labute approximate surface area is 117 Å². The summed E-state index contributed by atoms with van der Waals surface area (Å²) in [6, 6.07) is 0.802. The van der Waals surface area contributed by atoms with Crippen molar-refractivity contribution in [2.45, 2.75) is 24.3 Å². The number of carboxylic acid groups (broad SMARTS) is 1. The number of hydrogen-bond donors (Lipinski definition) is 2. The van der Waals surface area contributed by atoms with E-state index in [4.69, 9.17) is 4.74 Å². The Balaban J connectivity index is 2.34. The lowest BCUT2D eigenvalue weighted by Crippen LogP contribution is -2.46. The van der Waals surface area contributed by atoms with Gasteiger partial charge in [-0.1, -0.05) is 6.92 Å². The molecule has 0 aliphatic carbocycles. The number of rotatable bonds is 6. The number of aliphatic carboxylic acids is 1. The molecular weight excluding hydrogens is 284 g/mol. The third kappa shape index (κ3) is 2.72. The largest absolute Gasteiger partial charge is 0.481 e. The molecule has 0 saturated carbocycles. The van der Waals surface area contributed by atoms with Gasteiger partial charge in [0.25, 0.3) is 0 Å². The summed E-state index contributed by atoms with van der Waals surface area (Å²) in [5.74, 6) is -1.85. The van der Waals surface area contributed by atoms with E-state index in [0.29, 0.717) is 6.42 Å². The second-order valence-corrected chi connectivity index (χ2v) is 6.60. The van der Waals surface area contributed by atoms with Crippen LogP contribution in [0.2, 0.25) is 0 Å². The summed E-state index contributed by atoms with van der Waals surface area (Å²) in [4.78, 5) is 14.1. The number of aromatic amines is 1. The van der Waals surface area contributed by atoms with Crippen LogP contribution in [-0.2, 0) is 19.6 Å². The molecule has 2 rings (SSSR count). The number of ether oxygens (including phenoxy) is 1. The van der Waals surface area contributed by atoms with Crippen molar-refractivity contribution in [3.63, 3.8) is 0 Å². The number of sulfonamides is 1. The van der Waals surface area contributed by atoms with E-state index in [0.717, 1.165) is 0 Å². The molecule has 0 radical (unpaired) electrons. The van der Waals surface area contributed by atoms with Crippen molar-refractivity contribution >= 4 is 16.0 Å². The Morgan fingerprint density at radius 2 is 2.30 bits per heavy atom. The van der Waals surface area contributed by atoms with E-state index in [1.54, 1.807) is 0 Å². The highest BCUT2D eigenvalue weighted by Gasteiger charge is 2.42. The lowest BCUT2D eigenvalue weighted by molar-refractivity contribution is -0.142. The smallest absolute Gasteiger partial charge is 0.310 e. The Morgan fingerprint density at radius 1 is 1.55 bits per heavy atom. The fourth-order valence-electron chi connectivity index (χ4n) is 2.35. The van der Waals surface area contributed by atoms with Gasteiger partial charge in [-0.2, -0.15) is 4.31 Å². The van der Waals surface area contributed by atoms with Crippen LogP contribution in [0.3, 0.4) is 0 Å². The second kappa shape index (κ2) is 5.94. The molecule has 1 saturated heterocycles. The lowest BCUT2D eigenvalue weighted by atomic mass is 10.0. The molecule has 7 nitrogen and oxygen atoms in total. The molecule has 112 valence electrons. The summed E-state index contributed by atoms with van der Waals surface area (Å²) >= 11 is 0. The maximum absolute atomic E-state index is 12.6. The van der Waals surface area contributed by atoms with Gasteiger partial charge in [0.15, 0.2) is 0 Å². The summed E-state index contributed by atoms with van der Waals surface area (Å²) in [6.07, 6.45) is 3.52. The zero-order valence-electron chi connectivity index (χ0n) is 11.2. The predicted molar refractivity (Wildman–Crippen MR) is 70.7 cm³/mol. The van der Waals surface area contributed by atoms with Crippen molar-refractivity contribution in [1.29, 1.82) is 0 Å². The van der Waals surface area contributed by atoms with Gasteiger partial charge in [-0.25, -0.2) is 8.42 Å². The van der Waals surface area contributed by atoms with E-state index in [-0.39, 0.29) is 24.7 Å². The van der Waals surface area contributed by atoms with Crippen LogP contribution in [0.4, 0.5) is 0 Å². The van der Waals surface area contributed by atoms with E-state index in [9.17, 15) is 18.3 Å². The topological polar surface area (TPSA) is 99.7 Å². The minimum atomic E-state index is -3.71. The summed E-state index contributed by atoms with van der Waals surface area (Å²) in [5, 5.41) is 9.19. The van der Waals surface area contributed by atoms with Crippen LogP contribution < -0.4 is 0 Å². The van der Waals surface area contributed by atoms with Crippen LogP contribution in [-0.4, -0.2) is 54.6 Å². The Kier molecular flexibility index (Phi) is 4.46. The number of aromatic nitrogens is 1. The molecule has 1 aliphatic rings. The molecule has 0 spiro atoms. The summed E-state index contributed by atoms with van der Waals surface area (Å²) < 4.78 is 31.6. The van der Waals surface area contributed by atoms with E-state index in [2.05, 4.69) is 4.98 Å². The molecule has 20 heavy (non-hydrogen) atoms. The standard InChI is InChI=1S/C12H18N2O5S/c1-2-5-14(11-8-19-7-10(11)12(15)16)20(17,18)9-3-4-13-6-9/h3-4,6,10-11,13H,2,5,7-8H2,1H3,(H,15,16). The number of carboxylic acids is 1. The van der Waals surface area contributed by atoms with E-state index >= 15 is 0 Å². The van der Waals surface area contributed by atoms with Gasteiger partial charge >= 0.3 is 5.97 Å².